The summed E-state index contributed by atoms with van der Waals surface area (Å²) in [4.78, 5) is 0. The molecular weight excluding hydrogens is 330 g/mol. The minimum Gasteiger partial charge on any atom is -0.367 e. The van der Waals surface area contributed by atoms with E-state index in [-0.39, 0.29) is 39.3 Å². The first-order valence-corrected chi connectivity index (χ1v) is 10.5. The number of rotatable bonds is 13. The maximum atomic E-state index is 13.1. The summed E-state index contributed by atoms with van der Waals surface area (Å²) in [5.74, 6) is 0. The van der Waals surface area contributed by atoms with Crippen molar-refractivity contribution in [2.75, 3.05) is 26.4 Å². The molecule has 0 spiro atoms. The molecule has 0 heterocycles. The summed E-state index contributed by atoms with van der Waals surface area (Å²) in [6.45, 7) is 10.0. The van der Waals surface area contributed by atoms with E-state index in [1.54, 1.807) is 27.7 Å². The molecule has 0 fully saturated rings. The Hall–Kier alpha value is -0.0000000000000000416. The van der Waals surface area contributed by atoms with Gasteiger partial charge in [0.1, 0.15) is 0 Å². The highest BCUT2D eigenvalue weighted by Crippen LogP contribution is 2.78. The quantitative estimate of drug-likeness (QED) is 0.391. The first kappa shape index (κ1) is 22.0. The van der Waals surface area contributed by atoms with Crippen LogP contribution >= 0.6 is 15.2 Å². The molecule has 0 aliphatic rings. The van der Waals surface area contributed by atoms with Crippen LogP contribution in [0.25, 0.3) is 0 Å². The summed E-state index contributed by atoms with van der Waals surface area (Å²) < 4.78 is 46.9. The van der Waals surface area contributed by atoms with Crippen molar-refractivity contribution in [1.29, 1.82) is 0 Å². The van der Waals surface area contributed by atoms with Crippen molar-refractivity contribution in [3.63, 3.8) is 0 Å². The van der Waals surface area contributed by atoms with Crippen LogP contribution in [-0.4, -0.2) is 36.6 Å². The Morgan fingerprint density at radius 1 is 0.909 bits per heavy atom. The van der Waals surface area contributed by atoms with Gasteiger partial charge in [-0.1, -0.05) is 6.08 Å². The van der Waals surface area contributed by atoms with Gasteiger partial charge in [-0.3, -0.25) is 9.13 Å². The van der Waals surface area contributed by atoms with Crippen LogP contribution in [0.3, 0.4) is 0 Å². The molecule has 0 radical (unpaired) electrons. The van der Waals surface area contributed by atoms with E-state index < -0.39 is 20.3 Å². The zero-order chi connectivity index (χ0) is 17.3. The van der Waals surface area contributed by atoms with E-state index in [1.807, 2.05) is 0 Å². The van der Waals surface area contributed by atoms with Crippen molar-refractivity contribution < 1.29 is 32.3 Å². The lowest BCUT2D eigenvalue weighted by Gasteiger charge is -2.38. The Labute approximate surface area is 133 Å². The van der Waals surface area contributed by atoms with E-state index in [9.17, 15) is 14.2 Å². The summed E-state index contributed by atoms with van der Waals surface area (Å²) in [6.07, 6.45) is 1.57. The Morgan fingerprint density at radius 2 is 1.23 bits per heavy atom. The highest BCUT2D eigenvalue weighted by atomic mass is 31.2. The number of hydrogen-bond acceptors (Lipinski definition) is 7. The van der Waals surface area contributed by atoms with Crippen molar-refractivity contribution in [3.8, 4) is 0 Å². The molecule has 1 N–H and O–H groups in total. The van der Waals surface area contributed by atoms with Gasteiger partial charge in [0.25, 0.3) is 5.08 Å². The zero-order valence-corrected chi connectivity index (χ0v) is 15.6. The summed E-state index contributed by atoms with van der Waals surface area (Å²) in [6, 6.07) is 0. The van der Waals surface area contributed by atoms with Gasteiger partial charge in [-0.15, -0.1) is 6.58 Å². The number of aliphatic hydroxyl groups is 1. The summed E-state index contributed by atoms with van der Waals surface area (Å²) in [5.41, 5.74) is 0. The second-order valence-electron chi connectivity index (χ2n) is 4.27. The van der Waals surface area contributed by atoms with E-state index in [2.05, 4.69) is 6.58 Å². The van der Waals surface area contributed by atoms with Crippen LogP contribution in [0.1, 0.15) is 40.5 Å². The molecule has 0 saturated carbocycles. The third kappa shape index (κ3) is 4.75. The van der Waals surface area contributed by atoms with Gasteiger partial charge in [-0.2, -0.15) is 0 Å². The maximum Gasteiger partial charge on any atom is 0.374 e. The molecule has 0 bridgehead atoms. The van der Waals surface area contributed by atoms with Crippen LogP contribution in [0.15, 0.2) is 12.7 Å². The fourth-order valence-corrected chi connectivity index (χ4v) is 6.92. The lowest BCUT2D eigenvalue weighted by atomic mass is 10.3. The van der Waals surface area contributed by atoms with Gasteiger partial charge in [0.05, 0.1) is 26.4 Å². The minimum atomic E-state index is -4.16. The topological polar surface area (TPSA) is 91.3 Å². The maximum absolute atomic E-state index is 13.1. The summed E-state index contributed by atoms with van der Waals surface area (Å²) in [5, 5.41) is 8.65. The first-order valence-electron chi connectivity index (χ1n) is 7.42. The first-order chi connectivity index (χ1) is 10.3. The molecule has 0 aliphatic carbocycles. The molecule has 0 saturated heterocycles. The van der Waals surface area contributed by atoms with Crippen LogP contribution in [0, 0.1) is 0 Å². The lowest BCUT2D eigenvalue weighted by molar-refractivity contribution is 0.0781. The molecule has 0 aromatic carbocycles. The van der Waals surface area contributed by atoms with E-state index >= 15 is 0 Å². The molecule has 0 aromatic heterocycles. The Morgan fingerprint density at radius 3 is 1.45 bits per heavy atom. The summed E-state index contributed by atoms with van der Waals surface area (Å²) in [7, 11) is -8.31. The third-order valence-electron chi connectivity index (χ3n) is 2.76. The SMILES string of the molecule is C=CCCC(O)(P(=O)(OCC)OCC)P(=O)(OCC)OCC. The van der Waals surface area contributed by atoms with Crippen molar-refractivity contribution in [1.82, 2.24) is 0 Å². The fraction of sp³-hybridized carbons (Fsp3) is 0.846. The molecule has 7 nitrogen and oxygen atoms in total. The Balaban J connectivity index is 6.02. The molecule has 22 heavy (non-hydrogen) atoms. The fourth-order valence-electron chi connectivity index (χ4n) is 1.89. The molecule has 0 rings (SSSR count). The zero-order valence-electron chi connectivity index (χ0n) is 13.8. The monoisotopic (exact) mass is 358 g/mol. The van der Waals surface area contributed by atoms with E-state index in [0.29, 0.717) is 0 Å². The smallest absolute Gasteiger partial charge is 0.367 e. The third-order valence-corrected chi connectivity index (χ3v) is 8.82. The van der Waals surface area contributed by atoms with Gasteiger partial charge in [-0.25, -0.2) is 0 Å². The van der Waals surface area contributed by atoms with E-state index in [4.69, 9.17) is 18.1 Å². The Kier molecular flexibility index (Phi) is 9.99. The van der Waals surface area contributed by atoms with Gasteiger partial charge in [-0.05, 0) is 34.1 Å². The van der Waals surface area contributed by atoms with Crippen molar-refractivity contribution in [3.05, 3.63) is 12.7 Å². The second kappa shape index (κ2) is 9.99. The van der Waals surface area contributed by atoms with Crippen LogP contribution < -0.4 is 0 Å². The van der Waals surface area contributed by atoms with Gasteiger partial charge in [0.2, 0.25) is 0 Å². The second-order valence-corrected chi connectivity index (χ2v) is 9.12. The van der Waals surface area contributed by atoms with Crippen molar-refractivity contribution >= 4 is 15.2 Å². The molecule has 0 aromatic rings. The number of hydrogen-bond donors (Lipinski definition) is 1. The molecule has 132 valence electrons. The summed E-state index contributed by atoms with van der Waals surface area (Å²) >= 11 is 0. The standard InChI is InChI=1S/C13H28O7P2/c1-6-11-12-13(14,21(15,17-7-2)18-8-3)22(16,19-9-4)20-10-5/h6,14H,1,7-12H2,2-5H3. The van der Waals surface area contributed by atoms with Gasteiger partial charge < -0.3 is 23.2 Å². The van der Waals surface area contributed by atoms with Gasteiger partial charge in [0.15, 0.2) is 0 Å². The highest BCUT2D eigenvalue weighted by Gasteiger charge is 2.64. The average molecular weight is 358 g/mol. The molecule has 0 unspecified atom stereocenters. The van der Waals surface area contributed by atoms with E-state index in [0.717, 1.165) is 0 Å². The largest absolute Gasteiger partial charge is 0.374 e. The Bertz CT molecular complexity index is 375. The van der Waals surface area contributed by atoms with Crippen LogP contribution in [-0.2, 0) is 27.2 Å². The normalized spacial score (nSPS) is 13.3. The van der Waals surface area contributed by atoms with Crippen LogP contribution in [0.4, 0.5) is 0 Å². The van der Waals surface area contributed by atoms with Crippen LogP contribution in [0.2, 0.25) is 0 Å². The van der Waals surface area contributed by atoms with Crippen molar-refractivity contribution in [2.24, 2.45) is 0 Å². The van der Waals surface area contributed by atoms with Gasteiger partial charge >= 0.3 is 15.2 Å². The predicted octanol–water partition coefficient (Wildman–Crippen LogP) is 4.13. The van der Waals surface area contributed by atoms with Crippen LogP contribution in [0.5, 0.6) is 0 Å². The predicted molar refractivity (Wildman–Crippen MR) is 86.1 cm³/mol. The average Bonchev–Trinajstić information content (AvgIpc) is 2.45. The lowest BCUT2D eigenvalue weighted by Crippen LogP contribution is -2.33. The minimum absolute atomic E-state index is 0.0198. The van der Waals surface area contributed by atoms with Gasteiger partial charge in [0, 0.05) is 6.42 Å². The highest BCUT2D eigenvalue weighted by molar-refractivity contribution is 7.73. The molecule has 0 atom stereocenters. The number of allylic oxidation sites excluding steroid dienone is 1. The van der Waals surface area contributed by atoms with E-state index in [1.165, 1.54) is 6.08 Å². The molecule has 0 aliphatic heterocycles. The molecular formula is C13H28O7P2. The molecule has 0 amide bonds. The van der Waals surface area contributed by atoms with Crippen molar-refractivity contribution in [2.45, 2.75) is 45.6 Å². The molecule has 9 heteroatoms.